The van der Waals surface area contributed by atoms with E-state index in [-0.39, 0.29) is 17.8 Å². The molecule has 0 aromatic carbocycles. The fraction of sp³-hybridized carbons (Fsp3) is 0.538. The molecule has 2 atom stereocenters. The van der Waals surface area contributed by atoms with Gasteiger partial charge in [0.15, 0.2) is 0 Å². The van der Waals surface area contributed by atoms with Gasteiger partial charge in [-0.25, -0.2) is 4.98 Å². The van der Waals surface area contributed by atoms with E-state index in [1.807, 2.05) is 0 Å². The van der Waals surface area contributed by atoms with E-state index in [0.717, 1.165) is 19.5 Å². The second kappa shape index (κ2) is 5.35. The summed E-state index contributed by atoms with van der Waals surface area (Å²) in [6.07, 6.45) is 2.56. The molecule has 18 heavy (non-hydrogen) atoms. The third kappa shape index (κ3) is 2.79. The highest BCUT2D eigenvalue weighted by Crippen LogP contribution is 2.16. The van der Waals surface area contributed by atoms with E-state index in [4.69, 9.17) is 5.73 Å². The van der Waals surface area contributed by atoms with E-state index in [9.17, 15) is 4.79 Å². The molecule has 5 heteroatoms. The van der Waals surface area contributed by atoms with Crippen LogP contribution in [-0.2, 0) is 0 Å². The molecular weight excluding hydrogens is 228 g/mol. The van der Waals surface area contributed by atoms with Crippen LogP contribution < -0.4 is 11.1 Å². The molecule has 0 spiro atoms. The van der Waals surface area contributed by atoms with Crippen LogP contribution >= 0.6 is 0 Å². The van der Waals surface area contributed by atoms with Gasteiger partial charge in [-0.3, -0.25) is 4.79 Å². The van der Waals surface area contributed by atoms with Gasteiger partial charge in [0.05, 0.1) is 5.56 Å². The van der Waals surface area contributed by atoms with Gasteiger partial charge in [0.1, 0.15) is 5.82 Å². The maximum absolute atomic E-state index is 12.1. The molecule has 1 fully saturated rings. The SMILES string of the molecule is CC1CN(C)CCC1NC(=O)c1cccnc1N. The van der Waals surface area contributed by atoms with Crippen LogP contribution in [0.15, 0.2) is 18.3 Å². The Balaban J connectivity index is 2.02. The Morgan fingerprint density at radius 2 is 2.39 bits per heavy atom. The van der Waals surface area contributed by atoms with Crippen molar-refractivity contribution in [3.8, 4) is 0 Å². The fourth-order valence-electron chi connectivity index (χ4n) is 2.42. The molecule has 2 unspecified atom stereocenters. The summed E-state index contributed by atoms with van der Waals surface area (Å²) in [6.45, 7) is 4.18. The molecule has 0 radical (unpaired) electrons. The summed E-state index contributed by atoms with van der Waals surface area (Å²) >= 11 is 0. The first-order valence-electron chi connectivity index (χ1n) is 6.28. The zero-order chi connectivity index (χ0) is 13.1. The lowest BCUT2D eigenvalue weighted by atomic mass is 9.94. The Kier molecular flexibility index (Phi) is 3.81. The number of anilines is 1. The molecule has 0 aliphatic carbocycles. The second-order valence-corrected chi connectivity index (χ2v) is 5.04. The molecule has 1 saturated heterocycles. The lowest BCUT2D eigenvalue weighted by molar-refractivity contribution is 0.0884. The normalized spacial score (nSPS) is 24.8. The number of amides is 1. The Morgan fingerprint density at radius 3 is 3.06 bits per heavy atom. The van der Waals surface area contributed by atoms with Gasteiger partial charge in [0.2, 0.25) is 0 Å². The van der Waals surface area contributed by atoms with E-state index in [2.05, 4.69) is 29.2 Å². The number of aromatic nitrogens is 1. The molecule has 0 bridgehead atoms. The van der Waals surface area contributed by atoms with Gasteiger partial charge in [0, 0.05) is 18.8 Å². The molecule has 98 valence electrons. The van der Waals surface area contributed by atoms with Crippen molar-refractivity contribution in [1.82, 2.24) is 15.2 Å². The quantitative estimate of drug-likeness (QED) is 0.809. The Bertz CT molecular complexity index is 435. The van der Waals surface area contributed by atoms with E-state index < -0.39 is 0 Å². The van der Waals surface area contributed by atoms with Gasteiger partial charge >= 0.3 is 0 Å². The van der Waals surface area contributed by atoms with Gasteiger partial charge in [0.25, 0.3) is 5.91 Å². The molecular formula is C13H20N4O. The average Bonchev–Trinajstić information content (AvgIpc) is 2.33. The highest BCUT2D eigenvalue weighted by Gasteiger charge is 2.26. The van der Waals surface area contributed by atoms with Gasteiger partial charge in [-0.2, -0.15) is 0 Å². The first-order chi connectivity index (χ1) is 8.58. The van der Waals surface area contributed by atoms with Crippen molar-refractivity contribution in [2.45, 2.75) is 19.4 Å². The van der Waals surface area contributed by atoms with Crippen LogP contribution in [0.1, 0.15) is 23.7 Å². The summed E-state index contributed by atoms with van der Waals surface area (Å²) in [5.74, 6) is 0.614. The largest absolute Gasteiger partial charge is 0.383 e. The number of likely N-dealkylation sites (tertiary alicyclic amines) is 1. The molecule has 0 saturated carbocycles. The number of hydrogen-bond acceptors (Lipinski definition) is 4. The highest BCUT2D eigenvalue weighted by atomic mass is 16.1. The van der Waals surface area contributed by atoms with Crippen LogP contribution in [0.3, 0.4) is 0 Å². The van der Waals surface area contributed by atoms with Crippen molar-refractivity contribution < 1.29 is 4.79 Å². The summed E-state index contributed by atoms with van der Waals surface area (Å²) in [4.78, 5) is 18.3. The number of carbonyl (C=O) groups excluding carboxylic acids is 1. The molecule has 2 rings (SSSR count). The predicted molar refractivity (Wildman–Crippen MR) is 71.2 cm³/mol. The molecule has 1 aromatic heterocycles. The Morgan fingerprint density at radius 1 is 1.61 bits per heavy atom. The monoisotopic (exact) mass is 248 g/mol. The highest BCUT2D eigenvalue weighted by molar-refractivity contribution is 5.98. The summed E-state index contributed by atoms with van der Waals surface area (Å²) in [6, 6.07) is 3.65. The van der Waals surface area contributed by atoms with Crippen molar-refractivity contribution in [3.05, 3.63) is 23.9 Å². The second-order valence-electron chi connectivity index (χ2n) is 5.04. The van der Waals surface area contributed by atoms with Gasteiger partial charge < -0.3 is 16.0 Å². The summed E-state index contributed by atoms with van der Waals surface area (Å²) in [5, 5.41) is 3.06. The number of nitrogens with zero attached hydrogens (tertiary/aromatic N) is 2. The van der Waals surface area contributed by atoms with Gasteiger partial charge in [-0.05, 0) is 38.1 Å². The topological polar surface area (TPSA) is 71.2 Å². The third-order valence-corrected chi connectivity index (χ3v) is 3.51. The minimum absolute atomic E-state index is 0.123. The van der Waals surface area contributed by atoms with E-state index in [1.54, 1.807) is 18.3 Å². The molecule has 1 amide bonds. The number of rotatable bonds is 2. The van der Waals surface area contributed by atoms with Crippen LogP contribution in [0.25, 0.3) is 0 Å². The van der Waals surface area contributed by atoms with Crippen LogP contribution in [0, 0.1) is 5.92 Å². The molecule has 1 aliphatic heterocycles. The molecule has 1 aliphatic rings. The van der Waals surface area contributed by atoms with Crippen LogP contribution in [0.5, 0.6) is 0 Å². The van der Waals surface area contributed by atoms with E-state index >= 15 is 0 Å². The molecule has 1 aromatic rings. The summed E-state index contributed by atoms with van der Waals surface area (Å²) < 4.78 is 0. The lowest BCUT2D eigenvalue weighted by Gasteiger charge is -2.35. The van der Waals surface area contributed by atoms with Crippen LogP contribution in [-0.4, -0.2) is 42.0 Å². The van der Waals surface area contributed by atoms with Crippen molar-refractivity contribution in [2.24, 2.45) is 5.92 Å². The van der Waals surface area contributed by atoms with Gasteiger partial charge in [-0.15, -0.1) is 0 Å². The van der Waals surface area contributed by atoms with Crippen molar-refractivity contribution in [3.63, 3.8) is 0 Å². The fourth-order valence-corrected chi connectivity index (χ4v) is 2.42. The summed E-state index contributed by atoms with van der Waals surface area (Å²) in [5.41, 5.74) is 6.16. The van der Waals surface area contributed by atoms with Crippen molar-refractivity contribution in [2.75, 3.05) is 25.9 Å². The maximum atomic E-state index is 12.1. The zero-order valence-electron chi connectivity index (χ0n) is 10.9. The smallest absolute Gasteiger partial charge is 0.255 e. The van der Waals surface area contributed by atoms with Crippen molar-refractivity contribution >= 4 is 11.7 Å². The minimum Gasteiger partial charge on any atom is -0.383 e. The first-order valence-corrected chi connectivity index (χ1v) is 6.28. The third-order valence-electron chi connectivity index (χ3n) is 3.51. The van der Waals surface area contributed by atoms with Crippen LogP contribution in [0.2, 0.25) is 0 Å². The Labute approximate surface area is 107 Å². The molecule has 5 nitrogen and oxygen atoms in total. The van der Waals surface area contributed by atoms with Crippen LogP contribution in [0.4, 0.5) is 5.82 Å². The number of carbonyl (C=O) groups is 1. The number of pyridine rings is 1. The molecule has 2 heterocycles. The number of hydrogen-bond donors (Lipinski definition) is 2. The number of nitrogens with one attached hydrogen (secondary N) is 1. The number of piperidine rings is 1. The minimum atomic E-state index is -0.123. The number of nitrogen functional groups attached to an aromatic ring is 1. The maximum Gasteiger partial charge on any atom is 0.255 e. The first kappa shape index (κ1) is 12.8. The number of nitrogens with two attached hydrogens (primary N) is 1. The Hall–Kier alpha value is -1.62. The lowest BCUT2D eigenvalue weighted by Crippen LogP contribution is -2.49. The van der Waals surface area contributed by atoms with Crippen molar-refractivity contribution in [1.29, 1.82) is 0 Å². The van der Waals surface area contributed by atoms with Gasteiger partial charge in [-0.1, -0.05) is 6.92 Å². The predicted octanol–water partition coefficient (Wildman–Crippen LogP) is 0.734. The average molecular weight is 248 g/mol. The van der Waals surface area contributed by atoms with E-state index in [1.165, 1.54) is 0 Å². The molecule has 3 N–H and O–H groups in total. The van der Waals surface area contributed by atoms with E-state index in [0.29, 0.717) is 11.5 Å². The standard InChI is InChI=1S/C13H20N4O/c1-9-8-17(2)7-5-11(9)16-13(18)10-4-3-6-15-12(10)14/h3-4,6,9,11H,5,7-8H2,1-2H3,(H2,14,15)(H,16,18). The zero-order valence-corrected chi connectivity index (χ0v) is 10.9. The summed E-state index contributed by atoms with van der Waals surface area (Å²) in [7, 11) is 2.10.